The van der Waals surface area contributed by atoms with Crippen molar-refractivity contribution >= 4 is 49.6 Å². The smallest absolute Gasteiger partial charge is 0.0548 e. The Morgan fingerprint density at radius 3 is 1.83 bits per heavy atom. The third-order valence-electron chi connectivity index (χ3n) is 8.14. The van der Waals surface area contributed by atoms with Gasteiger partial charge in [0.25, 0.3) is 0 Å². The summed E-state index contributed by atoms with van der Waals surface area (Å²) in [6.07, 6.45) is 0. The summed E-state index contributed by atoms with van der Waals surface area (Å²) in [4.78, 5) is 2.41. The van der Waals surface area contributed by atoms with E-state index in [0.717, 1.165) is 22.7 Å². The first-order valence-electron chi connectivity index (χ1n) is 14.4. The number of benzene rings is 7. The lowest BCUT2D eigenvalue weighted by Gasteiger charge is -2.28. The molecule has 0 unspecified atom stereocenters. The molecule has 42 heavy (non-hydrogen) atoms. The van der Waals surface area contributed by atoms with E-state index in [-0.39, 0.29) is 0 Å². The van der Waals surface area contributed by atoms with E-state index in [1.165, 1.54) is 43.7 Å². The van der Waals surface area contributed by atoms with Crippen LogP contribution in [0.5, 0.6) is 0 Å². The van der Waals surface area contributed by atoms with Gasteiger partial charge in [-0.3, -0.25) is 0 Å². The number of hydrogen-bond donors (Lipinski definition) is 0. The Kier molecular flexibility index (Phi) is 5.82. The van der Waals surface area contributed by atoms with Crippen molar-refractivity contribution in [3.8, 4) is 16.8 Å². The van der Waals surface area contributed by atoms with Gasteiger partial charge in [-0.2, -0.15) is 0 Å². The number of nitrogens with zero attached hydrogens (tertiary/aromatic N) is 2. The molecule has 7 aromatic carbocycles. The van der Waals surface area contributed by atoms with Gasteiger partial charge in [0.15, 0.2) is 0 Å². The Bertz CT molecular complexity index is 2180. The molecule has 198 valence electrons. The second kappa shape index (κ2) is 10.1. The van der Waals surface area contributed by atoms with Crippen molar-refractivity contribution in [3.63, 3.8) is 0 Å². The Morgan fingerprint density at radius 1 is 0.405 bits per heavy atom. The summed E-state index contributed by atoms with van der Waals surface area (Å²) in [5.41, 5.74) is 9.31. The third-order valence-corrected chi connectivity index (χ3v) is 8.14. The van der Waals surface area contributed by atoms with E-state index < -0.39 is 0 Å². The van der Waals surface area contributed by atoms with Gasteiger partial charge in [0, 0.05) is 33.4 Å². The predicted octanol–water partition coefficient (Wildman–Crippen LogP) is 11.1. The molecular weight excluding hydrogens is 508 g/mol. The second-order valence-electron chi connectivity index (χ2n) is 10.6. The SMILES string of the molecule is c1ccc(-c2cc3c(cc2N(c2ccccc2)c2ccc4ccccc4c2)c2ccccc2n3-c2ccccc2)cc1. The van der Waals surface area contributed by atoms with E-state index in [9.17, 15) is 0 Å². The van der Waals surface area contributed by atoms with Gasteiger partial charge in [-0.05, 0) is 70.9 Å². The van der Waals surface area contributed by atoms with Gasteiger partial charge in [-0.25, -0.2) is 0 Å². The molecule has 0 aliphatic rings. The third kappa shape index (κ3) is 4.05. The second-order valence-corrected chi connectivity index (χ2v) is 10.6. The number of fused-ring (bicyclic) bond motifs is 4. The Balaban J connectivity index is 1.49. The molecule has 0 radical (unpaired) electrons. The number of hydrogen-bond acceptors (Lipinski definition) is 1. The van der Waals surface area contributed by atoms with E-state index in [1.807, 2.05) is 0 Å². The highest BCUT2D eigenvalue weighted by atomic mass is 15.1. The first-order chi connectivity index (χ1) is 20.8. The zero-order chi connectivity index (χ0) is 27.9. The van der Waals surface area contributed by atoms with Crippen LogP contribution in [0.3, 0.4) is 0 Å². The van der Waals surface area contributed by atoms with Crippen LogP contribution in [0.15, 0.2) is 170 Å². The fraction of sp³-hybridized carbons (Fsp3) is 0. The molecule has 0 fully saturated rings. The van der Waals surface area contributed by atoms with Crippen LogP contribution in [0.1, 0.15) is 0 Å². The average Bonchev–Trinajstić information content (AvgIpc) is 3.39. The minimum atomic E-state index is 1.12. The molecule has 2 heteroatoms. The van der Waals surface area contributed by atoms with Crippen LogP contribution in [0, 0.1) is 0 Å². The highest BCUT2D eigenvalue weighted by molar-refractivity contribution is 6.13. The number of rotatable bonds is 5. The van der Waals surface area contributed by atoms with Crippen LogP contribution < -0.4 is 4.90 Å². The average molecular weight is 537 g/mol. The van der Waals surface area contributed by atoms with E-state index in [0.29, 0.717) is 0 Å². The van der Waals surface area contributed by atoms with Crippen molar-refractivity contribution < 1.29 is 0 Å². The van der Waals surface area contributed by atoms with E-state index >= 15 is 0 Å². The summed E-state index contributed by atoms with van der Waals surface area (Å²) in [6.45, 7) is 0. The molecule has 1 heterocycles. The van der Waals surface area contributed by atoms with Gasteiger partial charge in [-0.1, -0.05) is 115 Å². The lowest BCUT2D eigenvalue weighted by molar-refractivity contribution is 1.18. The monoisotopic (exact) mass is 536 g/mol. The summed E-state index contributed by atoms with van der Waals surface area (Å²) >= 11 is 0. The number of para-hydroxylation sites is 3. The summed E-state index contributed by atoms with van der Waals surface area (Å²) in [7, 11) is 0. The van der Waals surface area contributed by atoms with Crippen molar-refractivity contribution in [3.05, 3.63) is 170 Å². The van der Waals surface area contributed by atoms with Crippen LogP contribution in [-0.2, 0) is 0 Å². The van der Waals surface area contributed by atoms with Crippen LogP contribution in [0.4, 0.5) is 17.1 Å². The maximum Gasteiger partial charge on any atom is 0.0548 e. The lowest BCUT2D eigenvalue weighted by atomic mass is 9.98. The van der Waals surface area contributed by atoms with Crippen LogP contribution in [0.25, 0.3) is 49.4 Å². The molecule has 8 aromatic rings. The van der Waals surface area contributed by atoms with Crippen molar-refractivity contribution in [2.75, 3.05) is 4.90 Å². The summed E-state index contributed by atoms with van der Waals surface area (Å²) in [5, 5.41) is 4.92. The molecule has 1 aromatic heterocycles. The highest BCUT2D eigenvalue weighted by Crippen LogP contribution is 2.45. The topological polar surface area (TPSA) is 8.17 Å². The van der Waals surface area contributed by atoms with Gasteiger partial charge in [0.05, 0.1) is 16.7 Å². The largest absolute Gasteiger partial charge is 0.310 e. The van der Waals surface area contributed by atoms with E-state index in [2.05, 4.69) is 179 Å². The minimum absolute atomic E-state index is 1.12. The summed E-state index contributed by atoms with van der Waals surface area (Å²) in [5.74, 6) is 0. The van der Waals surface area contributed by atoms with Gasteiger partial charge < -0.3 is 9.47 Å². The van der Waals surface area contributed by atoms with Crippen molar-refractivity contribution in [1.29, 1.82) is 0 Å². The molecule has 0 saturated carbocycles. The molecule has 0 aliphatic carbocycles. The molecule has 2 nitrogen and oxygen atoms in total. The Hall–Kier alpha value is -5.60. The number of aromatic nitrogens is 1. The molecule has 0 saturated heterocycles. The lowest BCUT2D eigenvalue weighted by Crippen LogP contribution is -2.11. The minimum Gasteiger partial charge on any atom is -0.310 e. The Morgan fingerprint density at radius 2 is 1.05 bits per heavy atom. The molecule has 0 aliphatic heterocycles. The highest BCUT2D eigenvalue weighted by Gasteiger charge is 2.21. The fourth-order valence-electron chi connectivity index (χ4n) is 6.21. The maximum atomic E-state index is 2.41. The van der Waals surface area contributed by atoms with Crippen LogP contribution in [-0.4, -0.2) is 4.57 Å². The van der Waals surface area contributed by atoms with Gasteiger partial charge in [-0.15, -0.1) is 0 Å². The Labute approximate surface area is 245 Å². The first-order valence-corrected chi connectivity index (χ1v) is 14.4. The molecule has 0 atom stereocenters. The normalized spacial score (nSPS) is 11.3. The molecule has 0 bridgehead atoms. The van der Waals surface area contributed by atoms with Gasteiger partial charge >= 0.3 is 0 Å². The predicted molar refractivity (Wildman–Crippen MR) is 178 cm³/mol. The standard InChI is InChI=1S/C40H28N2/c1-4-15-30(16-5-1)36-27-40-37(35-22-12-13-23-38(35)42(40)33-20-8-3-9-21-33)28-39(36)41(32-18-6-2-7-19-32)34-25-24-29-14-10-11-17-31(29)26-34/h1-28H. The molecule has 0 N–H and O–H groups in total. The van der Waals surface area contributed by atoms with Gasteiger partial charge in [0.2, 0.25) is 0 Å². The van der Waals surface area contributed by atoms with Gasteiger partial charge in [0.1, 0.15) is 0 Å². The van der Waals surface area contributed by atoms with Crippen LogP contribution in [0.2, 0.25) is 0 Å². The van der Waals surface area contributed by atoms with Crippen molar-refractivity contribution in [2.45, 2.75) is 0 Å². The quantitative estimate of drug-likeness (QED) is 0.212. The fourth-order valence-corrected chi connectivity index (χ4v) is 6.21. The number of anilines is 3. The van der Waals surface area contributed by atoms with E-state index in [4.69, 9.17) is 0 Å². The molecule has 8 rings (SSSR count). The molecular formula is C40H28N2. The van der Waals surface area contributed by atoms with Crippen LogP contribution >= 0.6 is 0 Å². The maximum absolute atomic E-state index is 2.41. The molecule has 0 amide bonds. The zero-order valence-corrected chi connectivity index (χ0v) is 23.1. The van der Waals surface area contributed by atoms with Crippen molar-refractivity contribution in [2.24, 2.45) is 0 Å². The summed E-state index contributed by atoms with van der Waals surface area (Å²) < 4.78 is 2.39. The van der Waals surface area contributed by atoms with Crippen molar-refractivity contribution in [1.82, 2.24) is 4.57 Å². The zero-order valence-electron chi connectivity index (χ0n) is 23.1. The molecule has 0 spiro atoms. The van der Waals surface area contributed by atoms with E-state index in [1.54, 1.807) is 0 Å². The first kappa shape index (κ1) is 24.2. The summed E-state index contributed by atoms with van der Waals surface area (Å²) in [6, 6.07) is 61.0.